The predicted molar refractivity (Wildman–Crippen MR) is 93.3 cm³/mol. The largest absolute Gasteiger partial charge is 0.349 e. The van der Waals surface area contributed by atoms with Gasteiger partial charge < -0.3 is 5.32 Å². The van der Waals surface area contributed by atoms with E-state index >= 15 is 0 Å². The maximum absolute atomic E-state index is 12.9. The Kier molecular flexibility index (Phi) is 5.42. The van der Waals surface area contributed by atoms with E-state index in [1.807, 2.05) is 24.3 Å². The zero-order chi connectivity index (χ0) is 17.6. The first-order chi connectivity index (χ1) is 12.2. The number of hydrogen-bond acceptors (Lipinski definition) is 3. The average Bonchev–Trinajstić information content (AvgIpc) is 2.64. The van der Waals surface area contributed by atoms with Crippen LogP contribution in [0.3, 0.4) is 0 Å². The maximum Gasteiger partial charge on any atom is 0.251 e. The summed E-state index contributed by atoms with van der Waals surface area (Å²) >= 11 is 0. The molecule has 1 saturated heterocycles. The van der Waals surface area contributed by atoms with E-state index in [4.69, 9.17) is 0 Å². The van der Waals surface area contributed by atoms with Gasteiger partial charge in [-0.2, -0.15) is 5.26 Å². The Balaban J connectivity index is 1.51. The van der Waals surface area contributed by atoms with Crippen LogP contribution >= 0.6 is 0 Å². The van der Waals surface area contributed by atoms with E-state index in [9.17, 15) is 14.4 Å². The molecule has 128 valence electrons. The van der Waals surface area contributed by atoms with E-state index in [2.05, 4.69) is 16.3 Å². The molecule has 25 heavy (non-hydrogen) atoms. The molecule has 2 aromatic carbocycles. The highest BCUT2D eigenvalue weighted by Crippen LogP contribution is 2.16. The van der Waals surface area contributed by atoms with Crippen molar-refractivity contribution in [3.63, 3.8) is 0 Å². The predicted octanol–water partition coefficient (Wildman–Crippen LogP) is 3.09. The molecule has 1 aliphatic heterocycles. The fourth-order valence-electron chi connectivity index (χ4n) is 3.11. The van der Waals surface area contributed by atoms with Crippen molar-refractivity contribution in [3.05, 3.63) is 71.0 Å². The third kappa shape index (κ3) is 4.43. The molecule has 0 atom stereocenters. The molecule has 3 rings (SSSR count). The van der Waals surface area contributed by atoms with Crippen LogP contribution in [-0.2, 0) is 6.54 Å². The molecule has 0 saturated carbocycles. The van der Waals surface area contributed by atoms with Gasteiger partial charge in [-0.05, 0) is 48.7 Å². The summed E-state index contributed by atoms with van der Waals surface area (Å²) in [5.74, 6) is -0.504. The number of piperidine rings is 1. The van der Waals surface area contributed by atoms with Gasteiger partial charge in [-0.15, -0.1) is 0 Å². The number of nitrogens with one attached hydrogen (secondary N) is 1. The quantitative estimate of drug-likeness (QED) is 0.933. The Morgan fingerprint density at radius 2 is 1.84 bits per heavy atom. The van der Waals surface area contributed by atoms with Crippen molar-refractivity contribution in [2.75, 3.05) is 13.1 Å². The molecule has 1 amide bonds. The van der Waals surface area contributed by atoms with Gasteiger partial charge >= 0.3 is 0 Å². The minimum Gasteiger partial charge on any atom is -0.349 e. The number of carbonyl (C=O) groups is 1. The lowest BCUT2D eigenvalue weighted by Gasteiger charge is -2.32. The number of nitriles is 1. The van der Waals surface area contributed by atoms with Crippen molar-refractivity contribution in [3.8, 4) is 6.07 Å². The summed E-state index contributed by atoms with van der Waals surface area (Å²) in [5, 5.41) is 12.2. The van der Waals surface area contributed by atoms with Crippen LogP contribution in [-0.4, -0.2) is 29.9 Å². The van der Waals surface area contributed by atoms with Gasteiger partial charge in [0.2, 0.25) is 0 Å². The smallest absolute Gasteiger partial charge is 0.251 e. The van der Waals surface area contributed by atoms with E-state index in [0.29, 0.717) is 11.1 Å². The molecule has 1 aliphatic rings. The van der Waals surface area contributed by atoms with Crippen LogP contribution < -0.4 is 5.32 Å². The minimum atomic E-state index is -0.345. The van der Waals surface area contributed by atoms with Gasteiger partial charge in [0.05, 0.1) is 11.6 Å². The van der Waals surface area contributed by atoms with Crippen LogP contribution in [0.25, 0.3) is 0 Å². The Bertz CT molecular complexity index is 774. The number of hydrogen-bond donors (Lipinski definition) is 1. The van der Waals surface area contributed by atoms with Crippen molar-refractivity contribution < 1.29 is 9.18 Å². The molecule has 0 radical (unpaired) electrons. The zero-order valence-corrected chi connectivity index (χ0v) is 13.9. The van der Waals surface area contributed by atoms with Crippen LogP contribution in [0.5, 0.6) is 0 Å². The lowest BCUT2D eigenvalue weighted by molar-refractivity contribution is 0.0909. The number of carbonyl (C=O) groups excluding carboxylic acids is 1. The maximum atomic E-state index is 12.9. The van der Waals surface area contributed by atoms with Crippen molar-refractivity contribution in [1.29, 1.82) is 5.26 Å². The first-order valence-corrected chi connectivity index (χ1v) is 8.42. The van der Waals surface area contributed by atoms with Crippen molar-refractivity contribution >= 4 is 5.91 Å². The van der Waals surface area contributed by atoms with Crippen LogP contribution in [0, 0.1) is 17.1 Å². The normalized spacial score (nSPS) is 15.5. The Labute approximate surface area is 146 Å². The summed E-state index contributed by atoms with van der Waals surface area (Å²) in [6, 6.07) is 15.6. The number of halogens is 1. The van der Waals surface area contributed by atoms with Crippen molar-refractivity contribution in [1.82, 2.24) is 10.2 Å². The topological polar surface area (TPSA) is 56.1 Å². The first kappa shape index (κ1) is 17.1. The molecule has 1 fully saturated rings. The van der Waals surface area contributed by atoms with Gasteiger partial charge in [0, 0.05) is 31.2 Å². The molecule has 0 unspecified atom stereocenters. The summed E-state index contributed by atoms with van der Waals surface area (Å²) in [4.78, 5) is 14.5. The van der Waals surface area contributed by atoms with Gasteiger partial charge in [-0.3, -0.25) is 9.69 Å². The number of nitrogens with zero attached hydrogens (tertiary/aromatic N) is 2. The Morgan fingerprint density at radius 3 is 2.52 bits per heavy atom. The van der Waals surface area contributed by atoms with Gasteiger partial charge in [0.25, 0.3) is 5.91 Å². The number of amides is 1. The second-order valence-electron chi connectivity index (χ2n) is 6.30. The van der Waals surface area contributed by atoms with E-state index in [1.54, 1.807) is 0 Å². The standard InChI is InChI=1S/C20H20FN3O/c21-18-7-5-15(6-8-18)20(25)23-19-9-11-24(12-10-19)14-17-4-2-1-3-16(17)13-22/h1-8,19H,9-12,14H2,(H,23,25). The van der Waals surface area contributed by atoms with Gasteiger partial charge in [-0.25, -0.2) is 4.39 Å². The summed E-state index contributed by atoms with van der Waals surface area (Å²) in [6.45, 7) is 2.49. The van der Waals surface area contributed by atoms with Gasteiger partial charge in [-0.1, -0.05) is 18.2 Å². The molecule has 4 nitrogen and oxygen atoms in total. The van der Waals surface area contributed by atoms with E-state index in [0.717, 1.165) is 38.0 Å². The van der Waals surface area contributed by atoms with Crippen molar-refractivity contribution in [2.45, 2.75) is 25.4 Å². The highest BCUT2D eigenvalue weighted by atomic mass is 19.1. The summed E-state index contributed by atoms with van der Waals surface area (Å²) in [7, 11) is 0. The Hall–Kier alpha value is -2.71. The number of benzene rings is 2. The van der Waals surface area contributed by atoms with E-state index < -0.39 is 0 Å². The number of rotatable bonds is 4. The van der Waals surface area contributed by atoms with Crippen LogP contribution in [0.4, 0.5) is 4.39 Å². The number of likely N-dealkylation sites (tertiary alicyclic amines) is 1. The van der Waals surface area contributed by atoms with Crippen LogP contribution in [0.1, 0.15) is 34.3 Å². The SMILES string of the molecule is N#Cc1ccccc1CN1CCC(NC(=O)c2ccc(F)cc2)CC1. The monoisotopic (exact) mass is 337 g/mol. The fraction of sp³-hybridized carbons (Fsp3) is 0.300. The average molecular weight is 337 g/mol. The molecule has 0 spiro atoms. The van der Waals surface area contributed by atoms with E-state index in [-0.39, 0.29) is 17.8 Å². The molecule has 1 N–H and O–H groups in total. The zero-order valence-electron chi connectivity index (χ0n) is 13.9. The molecule has 2 aromatic rings. The highest BCUT2D eigenvalue weighted by Gasteiger charge is 2.21. The van der Waals surface area contributed by atoms with Crippen molar-refractivity contribution in [2.24, 2.45) is 0 Å². The highest BCUT2D eigenvalue weighted by molar-refractivity contribution is 5.94. The third-order valence-corrected chi connectivity index (χ3v) is 4.56. The lowest BCUT2D eigenvalue weighted by atomic mass is 10.0. The first-order valence-electron chi connectivity index (χ1n) is 8.42. The second kappa shape index (κ2) is 7.91. The molecule has 0 bridgehead atoms. The molecule has 5 heteroatoms. The van der Waals surface area contributed by atoms with E-state index in [1.165, 1.54) is 24.3 Å². The minimum absolute atomic E-state index is 0.125. The molecule has 0 aliphatic carbocycles. The third-order valence-electron chi connectivity index (χ3n) is 4.56. The van der Waals surface area contributed by atoms with Gasteiger partial charge in [0.15, 0.2) is 0 Å². The van der Waals surface area contributed by atoms with Gasteiger partial charge in [0.1, 0.15) is 5.82 Å². The molecular weight excluding hydrogens is 317 g/mol. The second-order valence-corrected chi connectivity index (χ2v) is 6.30. The summed E-state index contributed by atoms with van der Waals surface area (Å²) in [6.07, 6.45) is 1.73. The van der Waals surface area contributed by atoms with Crippen LogP contribution in [0.2, 0.25) is 0 Å². The summed E-state index contributed by atoms with van der Waals surface area (Å²) < 4.78 is 12.9. The van der Waals surface area contributed by atoms with Crippen LogP contribution in [0.15, 0.2) is 48.5 Å². The fourth-order valence-corrected chi connectivity index (χ4v) is 3.11. The summed E-state index contributed by atoms with van der Waals surface area (Å²) in [5.41, 5.74) is 2.24. The molecular formula is C20H20FN3O. The molecule has 1 heterocycles. The molecule has 0 aromatic heterocycles. The lowest BCUT2D eigenvalue weighted by Crippen LogP contribution is -2.44. The Morgan fingerprint density at radius 1 is 1.16 bits per heavy atom.